The summed E-state index contributed by atoms with van der Waals surface area (Å²) in [5, 5.41) is 1.22. The highest BCUT2D eigenvalue weighted by atomic mass is 16.5. The topological polar surface area (TPSA) is 14.2 Å². The number of hydrogen-bond acceptors (Lipinski definition) is 1. The van der Waals surface area contributed by atoms with Gasteiger partial charge in [0.25, 0.3) is 0 Å². The molecule has 2 rings (SSSR count). The summed E-state index contributed by atoms with van der Waals surface area (Å²) in [4.78, 5) is 0. The summed E-state index contributed by atoms with van der Waals surface area (Å²) in [6, 6.07) is 8.43. The molecule has 0 saturated heterocycles. The molecule has 2 nitrogen and oxygen atoms in total. The van der Waals surface area contributed by atoms with Gasteiger partial charge in [-0.15, -0.1) is 0 Å². The minimum atomic E-state index is 0.369. The van der Waals surface area contributed by atoms with E-state index in [9.17, 15) is 0 Å². The molecule has 0 fully saturated rings. The van der Waals surface area contributed by atoms with Gasteiger partial charge in [0.2, 0.25) is 0 Å². The smallest absolute Gasteiger partial charge is 0.128 e. The van der Waals surface area contributed by atoms with Gasteiger partial charge in [0.05, 0.1) is 12.1 Å². The molecule has 0 aliphatic carbocycles. The second-order valence-corrected chi connectivity index (χ2v) is 5.94. The molecule has 2 aromatic rings. The van der Waals surface area contributed by atoms with Gasteiger partial charge in [0, 0.05) is 18.1 Å². The van der Waals surface area contributed by atoms with Crippen molar-refractivity contribution < 1.29 is 4.74 Å². The van der Waals surface area contributed by atoms with Crippen LogP contribution in [0.5, 0.6) is 5.75 Å². The van der Waals surface area contributed by atoms with Crippen molar-refractivity contribution in [2.45, 2.75) is 40.7 Å². The van der Waals surface area contributed by atoms with Gasteiger partial charge in [0.1, 0.15) is 5.75 Å². The maximum atomic E-state index is 5.66. The molecule has 0 N–H and O–H groups in total. The van der Waals surface area contributed by atoms with Gasteiger partial charge in [-0.25, -0.2) is 0 Å². The monoisotopic (exact) mass is 245 g/mol. The Morgan fingerprint density at radius 2 is 1.94 bits per heavy atom. The highest BCUT2D eigenvalue weighted by Crippen LogP contribution is 2.28. The number of rotatable bonds is 4. The molecule has 0 amide bonds. The van der Waals surface area contributed by atoms with Crippen LogP contribution in [0.15, 0.2) is 30.5 Å². The third-order valence-corrected chi connectivity index (χ3v) is 3.18. The Morgan fingerprint density at radius 3 is 2.61 bits per heavy atom. The molecule has 0 saturated carbocycles. The minimum Gasteiger partial charge on any atom is -0.493 e. The van der Waals surface area contributed by atoms with E-state index in [1.165, 1.54) is 17.3 Å². The highest BCUT2D eigenvalue weighted by Gasteiger charge is 2.11. The number of hydrogen-bond donors (Lipinski definition) is 0. The van der Waals surface area contributed by atoms with E-state index in [0.29, 0.717) is 12.0 Å². The summed E-state index contributed by atoms with van der Waals surface area (Å²) in [6.45, 7) is 10.6. The maximum Gasteiger partial charge on any atom is 0.128 e. The maximum absolute atomic E-state index is 5.66. The number of benzene rings is 1. The van der Waals surface area contributed by atoms with Crippen molar-refractivity contribution in [3.63, 3.8) is 0 Å². The van der Waals surface area contributed by atoms with Crippen LogP contribution in [0.4, 0.5) is 0 Å². The van der Waals surface area contributed by atoms with Gasteiger partial charge in [-0.3, -0.25) is 0 Å². The van der Waals surface area contributed by atoms with Crippen LogP contribution in [0.3, 0.4) is 0 Å². The van der Waals surface area contributed by atoms with E-state index in [1.807, 2.05) is 13.0 Å². The van der Waals surface area contributed by atoms with Crippen LogP contribution >= 0.6 is 0 Å². The fourth-order valence-corrected chi connectivity index (χ4v) is 2.13. The van der Waals surface area contributed by atoms with Crippen molar-refractivity contribution in [2.24, 2.45) is 5.41 Å². The van der Waals surface area contributed by atoms with Crippen LogP contribution in [-0.2, 0) is 6.54 Å². The molecule has 0 bridgehead atoms. The molecule has 1 aromatic heterocycles. The Balaban J connectivity index is 2.28. The Hall–Kier alpha value is -1.44. The molecule has 2 heteroatoms. The predicted octanol–water partition coefficient (Wildman–Crippen LogP) is 4.48. The lowest BCUT2D eigenvalue weighted by atomic mass is 9.92. The van der Waals surface area contributed by atoms with Gasteiger partial charge >= 0.3 is 0 Å². The molecular weight excluding hydrogens is 222 g/mol. The first-order chi connectivity index (χ1) is 8.51. The number of nitrogens with zero attached hydrogens (tertiary/aromatic N) is 1. The van der Waals surface area contributed by atoms with Gasteiger partial charge < -0.3 is 9.30 Å². The van der Waals surface area contributed by atoms with Gasteiger partial charge in [-0.2, -0.15) is 0 Å². The third kappa shape index (κ3) is 2.87. The van der Waals surface area contributed by atoms with Crippen LogP contribution < -0.4 is 4.74 Å². The summed E-state index contributed by atoms with van der Waals surface area (Å²) < 4.78 is 7.99. The van der Waals surface area contributed by atoms with Crippen molar-refractivity contribution in [1.29, 1.82) is 0 Å². The Bertz CT molecular complexity index is 519. The summed E-state index contributed by atoms with van der Waals surface area (Å²) in [6.07, 6.45) is 3.34. The Labute approximate surface area is 110 Å². The zero-order valence-electron chi connectivity index (χ0n) is 11.9. The zero-order valence-corrected chi connectivity index (χ0v) is 11.9. The van der Waals surface area contributed by atoms with Crippen molar-refractivity contribution in [1.82, 2.24) is 4.57 Å². The fraction of sp³-hybridized carbons (Fsp3) is 0.500. The van der Waals surface area contributed by atoms with E-state index < -0.39 is 0 Å². The Kier molecular flexibility index (Phi) is 3.65. The van der Waals surface area contributed by atoms with E-state index in [1.54, 1.807) is 0 Å². The van der Waals surface area contributed by atoms with Gasteiger partial charge in [-0.05, 0) is 37.0 Å². The largest absolute Gasteiger partial charge is 0.493 e. The lowest BCUT2D eigenvalue weighted by molar-refractivity contribution is 0.344. The minimum absolute atomic E-state index is 0.369. The van der Waals surface area contributed by atoms with Crippen molar-refractivity contribution in [2.75, 3.05) is 6.61 Å². The molecule has 0 unspecified atom stereocenters. The van der Waals surface area contributed by atoms with E-state index >= 15 is 0 Å². The van der Waals surface area contributed by atoms with E-state index in [0.717, 1.165) is 12.3 Å². The predicted molar refractivity (Wildman–Crippen MR) is 77.2 cm³/mol. The molecule has 0 atom stereocenters. The summed E-state index contributed by atoms with van der Waals surface area (Å²) in [5.74, 6) is 0.990. The molecule has 98 valence electrons. The van der Waals surface area contributed by atoms with Crippen molar-refractivity contribution in [3.8, 4) is 5.75 Å². The summed E-state index contributed by atoms with van der Waals surface area (Å²) in [7, 11) is 0. The van der Waals surface area contributed by atoms with E-state index in [2.05, 4.69) is 49.7 Å². The molecular formula is C16H23NO. The standard InChI is InChI=1S/C16H23NO/c1-5-18-15-8-6-7-14-13(15)9-11-17(14)12-10-16(2,3)4/h6-9,11H,5,10,12H2,1-4H3. The van der Waals surface area contributed by atoms with Crippen LogP contribution in [0.2, 0.25) is 0 Å². The molecule has 0 radical (unpaired) electrons. The molecule has 0 aliphatic heterocycles. The first-order valence-electron chi connectivity index (χ1n) is 6.72. The van der Waals surface area contributed by atoms with Crippen LogP contribution in [0.25, 0.3) is 10.9 Å². The third-order valence-electron chi connectivity index (χ3n) is 3.18. The Morgan fingerprint density at radius 1 is 1.17 bits per heavy atom. The van der Waals surface area contributed by atoms with Crippen LogP contribution in [-0.4, -0.2) is 11.2 Å². The van der Waals surface area contributed by atoms with Crippen LogP contribution in [0, 0.1) is 5.41 Å². The van der Waals surface area contributed by atoms with E-state index in [4.69, 9.17) is 4.74 Å². The zero-order chi connectivity index (χ0) is 13.2. The average molecular weight is 245 g/mol. The quantitative estimate of drug-likeness (QED) is 0.775. The first kappa shape index (κ1) is 13.0. The normalized spacial score (nSPS) is 12.0. The number of ether oxygens (including phenoxy) is 1. The van der Waals surface area contributed by atoms with Crippen LogP contribution in [0.1, 0.15) is 34.1 Å². The number of aryl methyl sites for hydroxylation is 1. The lowest BCUT2D eigenvalue weighted by Gasteiger charge is -2.18. The molecule has 0 aliphatic rings. The summed E-state index contributed by atoms with van der Waals surface area (Å²) in [5.41, 5.74) is 1.64. The SMILES string of the molecule is CCOc1cccc2c1ccn2CCC(C)(C)C. The van der Waals surface area contributed by atoms with Gasteiger partial charge in [0.15, 0.2) is 0 Å². The second-order valence-electron chi connectivity index (χ2n) is 5.94. The first-order valence-corrected chi connectivity index (χ1v) is 6.72. The highest BCUT2D eigenvalue weighted by molar-refractivity contribution is 5.86. The summed E-state index contributed by atoms with van der Waals surface area (Å²) >= 11 is 0. The fourth-order valence-electron chi connectivity index (χ4n) is 2.13. The molecule has 0 spiro atoms. The van der Waals surface area contributed by atoms with Gasteiger partial charge in [-0.1, -0.05) is 26.8 Å². The second kappa shape index (κ2) is 5.05. The van der Waals surface area contributed by atoms with Crippen molar-refractivity contribution >= 4 is 10.9 Å². The van der Waals surface area contributed by atoms with E-state index in [-0.39, 0.29) is 0 Å². The number of aromatic nitrogens is 1. The average Bonchev–Trinajstić information content (AvgIpc) is 2.70. The number of fused-ring (bicyclic) bond motifs is 1. The lowest BCUT2D eigenvalue weighted by Crippen LogP contribution is -2.09. The molecule has 1 heterocycles. The molecule has 18 heavy (non-hydrogen) atoms. The molecule has 1 aromatic carbocycles. The van der Waals surface area contributed by atoms with Crippen molar-refractivity contribution in [3.05, 3.63) is 30.5 Å².